The highest BCUT2D eigenvalue weighted by molar-refractivity contribution is 7.10. The highest BCUT2D eigenvalue weighted by atomic mass is 32.1. The fourth-order valence-electron chi connectivity index (χ4n) is 2.02. The molecule has 1 atom stereocenters. The molecule has 3 nitrogen and oxygen atoms in total. The van der Waals surface area contributed by atoms with E-state index in [1.54, 1.807) is 22.7 Å². The van der Waals surface area contributed by atoms with E-state index in [0.717, 1.165) is 13.1 Å². The largest absolute Gasteiger partial charge is 0.370 e. The van der Waals surface area contributed by atoms with Crippen molar-refractivity contribution in [3.05, 3.63) is 44.8 Å². The van der Waals surface area contributed by atoms with E-state index in [-0.39, 0.29) is 0 Å². The molecule has 0 fully saturated rings. The lowest BCUT2D eigenvalue weighted by atomic mass is 10.2. The molecule has 0 amide bonds. The van der Waals surface area contributed by atoms with E-state index < -0.39 is 0 Å². The Hall–Kier alpha value is -1.33. The number of hydrogen-bond acceptors (Lipinski definition) is 5. The van der Waals surface area contributed by atoms with Gasteiger partial charge in [-0.1, -0.05) is 12.1 Å². The Morgan fingerprint density at radius 3 is 2.82 bits per heavy atom. The maximum absolute atomic E-state index is 5.98. The molecule has 1 aliphatic heterocycles. The van der Waals surface area contributed by atoms with Gasteiger partial charge in [-0.15, -0.1) is 22.7 Å². The Balaban J connectivity index is 1.82. The van der Waals surface area contributed by atoms with Crippen molar-refractivity contribution in [3.63, 3.8) is 0 Å². The van der Waals surface area contributed by atoms with E-state index in [4.69, 9.17) is 5.73 Å². The molecule has 2 aromatic heterocycles. The van der Waals surface area contributed by atoms with Gasteiger partial charge in [-0.25, -0.2) is 0 Å². The lowest BCUT2D eigenvalue weighted by molar-refractivity contribution is 0.347. The number of guanidine groups is 1. The monoisotopic (exact) mass is 263 g/mol. The fraction of sp³-hybridized carbons (Fsp3) is 0.250. The second-order valence-electron chi connectivity index (χ2n) is 3.94. The molecule has 17 heavy (non-hydrogen) atoms. The highest BCUT2D eigenvalue weighted by Crippen LogP contribution is 2.30. The normalized spacial score (nSPS) is 19.6. The molecule has 0 aliphatic carbocycles. The van der Waals surface area contributed by atoms with Gasteiger partial charge in [0.1, 0.15) is 0 Å². The molecule has 2 N–H and O–H groups in total. The minimum absolute atomic E-state index is 0.317. The molecule has 88 valence electrons. The van der Waals surface area contributed by atoms with Gasteiger partial charge in [0.15, 0.2) is 5.96 Å². The van der Waals surface area contributed by atoms with Crippen LogP contribution in [0.4, 0.5) is 0 Å². The lowest BCUT2D eigenvalue weighted by Gasteiger charge is -2.24. The van der Waals surface area contributed by atoms with Crippen LogP contribution in [-0.4, -0.2) is 17.4 Å². The Bertz CT molecular complexity index is 502. The zero-order valence-electron chi connectivity index (χ0n) is 9.24. The lowest BCUT2D eigenvalue weighted by Crippen LogP contribution is -2.35. The van der Waals surface area contributed by atoms with E-state index in [1.165, 1.54) is 9.75 Å². The maximum atomic E-state index is 5.98. The Kier molecular flexibility index (Phi) is 2.86. The molecule has 5 heteroatoms. The van der Waals surface area contributed by atoms with Crippen LogP contribution in [-0.2, 0) is 6.54 Å². The van der Waals surface area contributed by atoms with Gasteiger partial charge in [-0.05, 0) is 22.9 Å². The van der Waals surface area contributed by atoms with Crippen LogP contribution in [0.15, 0.2) is 40.0 Å². The third-order valence-electron chi connectivity index (χ3n) is 2.87. The van der Waals surface area contributed by atoms with Crippen molar-refractivity contribution < 1.29 is 0 Å². The summed E-state index contributed by atoms with van der Waals surface area (Å²) in [6.45, 7) is 1.63. The SMILES string of the molecule is NC1=NCC(c2cccs2)N1Cc1cccs1. The van der Waals surface area contributed by atoms with E-state index in [2.05, 4.69) is 44.9 Å². The molecule has 0 spiro atoms. The molecular weight excluding hydrogens is 250 g/mol. The summed E-state index contributed by atoms with van der Waals surface area (Å²) in [5, 5.41) is 4.20. The average Bonchev–Trinajstić information content (AvgIpc) is 3.03. The van der Waals surface area contributed by atoms with Crippen LogP contribution >= 0.6 is 22.7 Å². The van der Waals surface area contributed by atoms with Gasteiger partial charge < -0.3 is 10.6 Å². The number of rotatable bonds is 3. The first-order valence-electron chi connectivity index (χ1n) is 5.47. The minimum Gasteiger partial charge on any atom is -0.370 e. The van der Waals surface area contributed by atoms with Crippen molar-refractivity contribution in [1.82, 2.24) is 4.90 Å². The molecule has 0 bridgehead atoms. The van der Waals surface area contributed by atoms with Gasteiger partial charge in [0.05, 0.1) is 19.1 Å². The van der Waals surface area contributed by atoms with Crippen LogP contribution in [0.3, 0.4) is 0 Å². The Morgan fingerprint density at radius 1 is 1.29 bits per heavy atom. The van der Waals surface area contributed by atoms with Crippen molar-refractivity contribution >= 4 is 28.6 Å². The van der Waals surface area contributed by atoms with Crippen LogP contribution in [0.1, 0.15) is 15.8 Å². The predicted molar refractivity (Wildman–Crippen MR) is 73.4 cm³/mol. The first-order chi connectivity index (χ1) is 8.34. The van der Waals surface area contributed by atoms with Crippen LogP contribution in [0, 0.1) is 0 Å². The molecule has 0 aromatic carbocycles. The number of nitrogens with two attached hydrogens (primary N) is 1. The van der Waals surface area contributed by atoms with Gasteiger partial charge in [-0.3, -0.25) is 4.99 Å². The highest BCUT2D eigenvalue weighted by Gasteiger charge is 2.28. The smallest absolute Gasteiger partial charge is 0.192 e. The molecule has 1 aliphatic rings. The summed E-state index contributed by atoms with van der Waals surface area (Å²) in [5.74, 6) is 0.664. The van der Waals surface area contributed by atoms with Crippen LogP contribution < -0.4 is 5.73 Å². The first kappa shape index (κ1) is 10.8. The van der Waals surface area contributed by atoms with Gasteiger partial charge in [0.2, 0.25) is 0 Å². The number of hydrogen-bond donors (Lipinski definition) is 1. The minimum atomic E-state index is 0.317. The molecular formula is C12H13N3S2. The summed E-state index contributed by atoms with van der Waals surface area (Å²) >= 11 is 3.53. The van der Waals surface area contributed by atoms with E-state index in [1.807, 2.05) is 0 Å². The molecule has 0 radical (unpaired) electrons. The predicted octanol–water partition coefficient (Wildman–Crippen LogP) is 2.68. The average molecular weight is 263 g/mol. The second kappa shape index (κ2) is 4.50. The molecule has 3 rings (SSSR count). The molecule has 0 saturated carbocycles. The van der Waals surface area contributed by atoms with Crippen molar-refractivity contribution in [2.45, 2.75) is 12.6 Å². The van der Waals surface area contributed by atoms with Crippen molar-refractivity contribution in [3.8, 4) is 0 Å². The van der Waals surface area contributed by atoms with Gasteiger partial charge in [0.25, 0.3) is 0 Å². The third-order valence-corrected chi connectivity index (χ3v) is 4.71. The summed E-state index contributed by atoms with van der Waals surface area (Å²) in [6.07, 6.45) is 0. The van der Waals surface area contributed by atoms with Crippen LogP contribution in [0.5, 0.6) is 0 Å². The molecule has 2 aromatic rings. The van der Waals surface area contributed by atoms with E-state index >= 15 is 0 Å². The number of nitrogens with zero attached hydrogens (tertiary/aromatic N) is 2. The first-order valence-corrected chi connectivity index (χ1v) is 7.23. The summed E-state index contributed by atoms with van der Waals surface area (Å²) in [7, 11) is 0. The molecule has 1 unspecified atom stereocenters. The summed E-state index contributed by atoms with van der Waals surface area (Å²) < 4.78 is 0. The summed E-state index contributed by atoms with van der Waals surface area (Å²) in [6, 6.07) is 8.77. The van der Waals surface area contributed by atoms with Crippen LogP contribution in [0.25, 0.3) is 0 Å². The Labute approximate surface area is 108 Å². The van der Waals surface area contributed by atoms with E-state index in [0.29, 0.717) is 12.0 Å². The molecule has 3 heterocycles. The molecule has 0 saturated heterocycles. The zero-order valence-corrected chi connectivity index (χ0v) is 10.9. The maximum Gasteiger partial charge on any atom is 0.192 e. The zero-order chi connectivity index (χ0) is 11.7. The summed E-state index contributed by atoms with van der Waals surface area (Å²) in [4.78, 5) is 9.22. The number of thiophene rings is 2. The fourth-order valence-corrected chi connectivity index (χ4v) is 3.55. The van der Waals surface area contributed by atoms with Gasteiger partial charge in [-0.2, -0.15) is 0 Å². The van der Waals surface area contributed by atoms with Crippen molar-refractivity contribution in [2.24, 2.45) is 10.7 Å². The Morgan fingerprint density at radius 2 is 2.12 bits per heavy atom. The standard InChI is InChI=1S/C12H13N3S2/c13-12-14-7-10(11-4-2-6-17-11)15(12)8-9-3-1-5-16-9/h1-6,10H,7-8H2,(H2,13,14). The number of aliphatic imine (C=N–C) groups is 1. The second-order valence-corrected chi connectivity index (χ2v) is 5.95. The van der Waals surface area contributed by atoms with Crippen LogP contribution in [0.2, 0.25) is 0 Å². The van der Waals surface area contributed by atoms with Gasteiger partial charge in [0, 0.05) is 9.75 Å². The quantitative estimate of drug-likeness (QED) is 0.925. The van der Waals surface area contributed by atoms with E-state index in [9.17, 15) is 0 Å². The van der Waals surface area contributed by atoms with Crippen molar-refractivity contribution in [2.75, 3.05) is 6.54 Å². The third kappa shape index (κ3) is 2.08. The topological polar surface area (TPSA) is 41.6 Å². The van der Waals surface area contributed by atoms with Gasteiger partial charge >= 0.3 is 0 Å². The van der Waals surface area contributed by atoms with Crippen molar-refractivity contribution in [1.29, 1.82) is 0 Å². The summed E-state index contributed by atoms with van der Waals surface area (Å²) in [5.41, 5.74) is 5.98.